The molecular formula is C22H15BrClFN2O2. The zero-order chi connectivity index (χ0) is 20.8. The maximum absolute atomic E-state index is 13.4. The topological polar surface area (TPSA) is 62.1 Å². The molecule has 4 nitrogen and oxygen atoms in total. The summed E-state index contributed by atoms with van der Waals surface area (Å²) in [5, 5.41) is 12.3. The monoisotopic (exact) mass is 472 g/mol. The highest BCUT2D eigenvalue weighted by molar-refractivity contribution is 9.10. The third-order valence-corrected chi connectivity index (χ3v) is 5.21. The van der Waals surface area contributed by atoms with Crippen LogP contribution in [0.2, 0.25) is 5.02 Å². The fourth-order valence-corrected chi connectivity index (χ4v) is 3.30. The van der Waals surface area contributed by atoms with Gasteiger partial charge in [-0.05, 0) is 35.9 Å². The number of hydrogen-bond acceptors (Lipinski definition) is 3. The van der Waals surface area contributed by atoms with Gasteiger partial charge >= 0.3 is 0 Å². The van der Waals surface area contributed by atoms with Crippen molar-refractivity contribution in [3.05, 3.63) is 92.7 Å². The lowest BCUT2D eigenvalue weighted by Crippen LogP contribution is -2.14. The molecule has 0 spiro atoms. The third-order valence-electron chi connectivity index (χ3n) is 4.10. The summed E-state index contributed by atoms with van der Waals surface area (Å²) < 4.78 is 19.8. The van der Waals surface area contributed by atoms with Crippen LogP contribution in [0.3, 0.4) is 0 Å². The maximum Gasteiger partial charge on any atom is 0.228 e. The second kappa shape index (κ2) is 9.55. The van der Waals surface area contributed by atoms with E-state index in [2.05, 4.69) is 21.2 Å². The number of hydrogen-bond donors (Lipinski definition) is 1. The van der Waals surface area contributed by atoms with Crippen LogP contribution in [0, 0.1) is 17.1 Å². The summed E-state index contributed by atoms with van der Waals surface area (Å²) in [4.78, 5) is 12.3. The normalized spacial score (nSPS) is 10.3. The molecule has 0 saturated carbocycles. The minimum absolute atomic E-state index is 0.0712. The molecule has 0 atom stereocenters. The lowest BCUT2D eigenvalue weighted by atomic mass is 10.1. The molecule has 3 rings (SSSR count). The first kappa shape index (κ1) is 20.8. The van der Waals surface area contributed by atoms with E-state index in [-0.39, 0.29) is 24.5 Å². The van der Waals surface area contributed by atoms with Gasteiger partial charge in [0, 0.05) is 26.8 Å². The lowest BCUT2D eigenvalue weighted by molar-refractivity contribution is -0.115. The Kier molecular flexibility index (Phi) is 6.86. The van der Waals surface area contributed by atoms with Crippen molar-refractivity contribution in [2.45, 2.75) is 13.0 Å². The first-order valence-electron chi connectivity index (χ1n) is 8.60. The van der Waals surface area contributed by atoms with E-state index in [0.29, 0.717) is 16.5 Å². The standard InChI is InChI=1S/C22H15BrClFN2O2/c23-19-11-17(27-22(28)10-14-3-1-2-4-20(14)24)6-5-15(19)13-29-18-7-8-21(25)16(9-18)12-26/h1-9,11H,10,13H2,(H,27,28). The Hall–Kier alpha value is -2.88. The van der Waals surface area contributed by atoms with Crippen molar-refractivity contribution in [3.63, 3.8) is 0 Å². The van der Waals surface area contributed by atoms with Gasteiger partial charge in [0.05, 0.1) is 12.0 Å². The van der Waals surface area contributed by atoms with Crippen LogP contribution in [0.25, 0.3) is 0 Å². The lowest BCUT2D eigenvalue weighted by Gasteiger charge is -2.11. The number of nitrogens with one attached hydrogen (secondary N) is 1. The molecule has 29 heavy (non-hydrogen) atoms. The molecule has 7 heteroatoms. The zero-order valence-corrected chi connectivity index (χ0v) is 17.4. The number of halogens is 3. The van der Waals surface area contributed by atoms with Gasteiger partial charge in [-0.25, -0.2) is 4.39 Å². The van der Waals surface area contributed by atoms with Crippen LogP contribution in [0.4, 0.5) is 10.1 Å². The molecule has 0 saturated heterocycles. The largest absolute Gasteiger partial charge is 0.489 e. The van der Waals surface area contributed by atoms with Gasteiger partial charge in [-0.3, -0.25) is 4.79 Å². The smallest absolute Gasteiger partial charge is 0.228 e. The molecule has 0 radical (unpaired) electrons. The summed E-state index contributed by atoms with van der Waals surface area (Å²) in [6.07, 6.45) is 0.175. The van der Waals surface area contributed by atoms with E-state index in [1.165, 1.54) is 18.2 Å². The summed E-state index contributed by atoms with van der Waals surface area (Å²) in [6.45, 7) is 0.213. The molecule has 146 valence electrons. The number of ether oxygens (including phenoxy) is 1. The van der Waals surface area contributed by atoms with Gasteiger partial charge in [-0.15, -0.1) is 0 Å². The van der Waals surface area contributed by atoms with Gasteiger partial charge in [0.1, 0.15) is 24.2 Å². The zero-order valence-electron chi connectivity index (χ0n) is 15.1. The molecule has 0 fully saturated rings. The number of amides is 1. The van der Waals surface area contributed by atoms with Gasteiger partial charge < -0.3 is 10.1 Å². The van der Waals surface area contributed by atoms with Crippen molar-refractivity contribution < 1.29 is 13.9 Å². The molecule has 0 heterocycles. The quantitative estimate of drug-likeness (QED) is 0.487. The fraction of sp³-hybridized carbons (Fsp3) is 0.0909. The molecule has 0 aliphatic rings. The highest BCUT2D eigenvalue weighted by Crippen LogP contribution is 2.25. The first-order chi connectivity index (χ1) is 14.0. The molecule has 1 N–H and O–H groups in total. The Bertz CT molecular complexity index is 1100. The molecule has 0 aliphatic heterocycles. The first-order valence-corrected chi connectivity index (χ1v) is 9.77. The second-order valence-corrected chi connectivity index (χ2v) is 7.43. The molecular weight excluding hydrogens is 459 g/mol. The average Bonchev–Trinajstić information content (AvgIpc) is 2.70. The van der Waals surface area contributed by atoms with Gasteiger partial charge in [0.2, 0.25) is 5.91 Å². The summed E-state index contributed by atoms with van der Waals surface area (Å²) in [6, 6.07) is 18.3. The van der Waals surface area contributed by atoms with Gasteiger partial charge in [-0.1, -0.05) is 51.8 Å². The number of nitriles is 1. The van der Waals surface area contributed by atoms with E-state index in [1.807, 2.05) is 24.3 Å². The van der Waals surface area contributed by atoms with Crippen molar-refractivity contribution in [2.75, 3.05) is 5.32 Å². The van der Waals surface area contributed by atoms with E-state index >= 15 is 0 Å². The van der Waals surface area contributed by atoms with Crippen LogP contribution >= 0.6 is 27.5 Å². The van der Waals surface area contributed by atoms with E-state index < -0.39 is 5.82 Å². The van der Waals surface area contributed by atoms with Crippen LogP contribution in [0.5, 0.6) is 5.75 Å². The number of rotatable bonds is 6. The molecule has 3 aromatic carbocycles. The van der Waals surface area contributed by atoms with Crippen LogP contribution < -0.4 is 10.1 Å². The number of nitrogens with zero attached hydrogens (tertiary/aromatic N) is 1. The molecule has 0 aliphatic carbocycles. The summed E-state index contributed by atoms with van der Waals surface area (Å²) in [7, 11) is 0. The van der Waals surface area contributed by atoms with E-state index in [4.69, 9.17) is 21.6 Å². The predicted octanol–water partition coefficient (Wildman–Crippen LogP) is 5.87. The van der Waals surface area contributed by atoms with Gasteiger partial charge in [0.25, 0.3) is 0 Å². The Morgan fingerprint density at radius 2 is 1.93 bits per heavy atom. The molecule has 0 bridgehead atoms. The third kappa shape index (κ3) is 5.57. The number of carbonyl (C=O) groups excluding carboxylic acids is 1. The summed E-state index contributed by atoms with van der Waals surface area (Å²) >= 11 is 9.55. The van der Waals surface area contributed by atoms with Crippen LogP contribution in [0.15, 0.2) is 65.1 Å². The van der Waals surface area contributed by atoms with E-state index in [1.54, 1.807) is 24.3 Å². The fourth-order valence-electron chi connectivity index (χ4n) is 2.60. The maximum atomic E-state index is 13.4. The average molecular weight is 474 g/mol. The number of anilines is 1. The minimum atomic E-state index is -0.585. The van der Waals surface area contributed by atoms with Gasteiger partial charge in [0.15, 0.2) is 0 Å². The molecule has 1 amide bonds. The van der Waals surface area contributed by atoms with E-state index in [0.717, 1.165) is 15.6 Å². The number of benzene rings is 3. The highest BCUT2D eigenvalue weighted by Gasteiger charge is 2.10. The van der Waals surface area contributed by atoms with Crippen LogP contribution in [-0.4, -0.2) is 5.91 Å². The van der Waals surface area contributed by atoms with E-state index in [9.17, 15) is 9.18 Å². The summed E-state index contributed by atoms with van der Waals surface area (Å²) in [5.74, 6) is -0.366. The Balaban J connectivity index is 1.62. The Labute approximate surface area is 181 Å². The van der Waals surface area contributed by atoms with Crippen LogP contribution in [-0.2, 0) is 17.8 Å². The number of carbonyl (C=O) groups is 1. The molecule has 0 unspecified atom stereocenters. The van der Waals surface area contributed by atoms with Crippen molar-refractivity contribution in [1.82, 2.24) is 0 Å². The predicted molar refractivity (Wildman–Crippen MR) is 113 cm³/mol. The second-order valence-electron chi connectivity index (χ2n) is 6.16. The Morgan fingerprint density at radius 3 is 2.66 bits per heavy atom. The minimum Gasteiger partial charge on any atom is -0.489 e. The Morgan fingerprint density at radius 1 is 1.14 bits per heavy atom. The van der Waals surface area contributed by atoms with Crippen molar-refractivity contribution in [1.29, 1.82) is 5.26 Å². The van der Waals surface area contributed by atoms with Crippen LogP contribution in [0.1, 0.15) is 16.7 Å². The molecule has 3 aromatic rings. The molecule has 0 aromatic heterocycles. The van der Waals surface area contributed by atoms with Crippen molar-refractivity contribution >= 4 is 39.1 Å². The SMILES string of the molecule is N#Cc1cc(OCc2ccc(NC(=O)Cc3ccccc3Cl)cc2Br)ccc1F. The van der Waals surface area contributed by atoms with Crippen molar-refractivity contribution in [3.8, 4) is 11.8 Å². The van der Waals surface area contributed by atoms with Gasteiger partial charge in [-0.2, -0.15) is 5.26 Å². The summed E-state index contributed by atoms with van der Waals surface area (Å²) in [5.41, 5.74) is 2.15. The highest BCUT2D eigenvalue weighted by atomic mass is 79.9. The van der Waals surface area contributed by atoms with Crippen molar-refractivity contribution in [2.24, 2.45) is 0 Å².